The van der Waals surface area contributed by atoms with Gasteiger partial charge >= 0.3 is 59.1 Å². The van der Waals surface area contributed by atoms with Gasteiger partial charge in [0.25, 0.3) is 0 Å². The quantitative estimate of drug-likeness (QED) is 0.257. The number of phosphoric ester groups is 1. The largest absolute Gasteiger partial charge is 1.00 e. The van der Waals surface area contributed by atoms with E-state index in [-0.39, 0.29) is 64.9 Å². The molecular formula is C17H16N3Na2O7P. The fraction of sp³-hybridized carbons (Fsp3) is 0.176. The Hall–Kier alpha value is -1.07. The Labute approximate surface area is 217 Å². The van der Waals surface area contributed by atoms with Crippen molar-refractivity contribution in [2.24, 2.45) is 0 Å². The van der Waals surface area contributed by atoms with Gasteiger partial charge in [-0.2, -0.15) is 0 Å². The van der Waals surface area contributed by atoms with Crippen LogP contribution in [0.2, 0.25) is 0 Å². The molecule has 0 bridgehead atoms. The molecule has 30 heavy (non-hydrogen) atoms. The van der Waals surface area contributed by atoms with Gasteiger partial charge in [0.05, 0.1) is 38.9 Å². The molecule has 0 unspecified atom stereocenters. The molecule has 0 N–H and O–H groups in total. The molecule has 0 fully saturated rings. The second kappa shape index (κ2) is 11.5. The van der Waals surface area contributed by atoms with Gasteiger partial charge < -0.3 is 33.1 Å². The van der Waals surface area contributed by atoms with E-state index in [0.29, 0.717) is 34.2 Å². The molecule has 148 valence electrons. The zero-order chi connectivity index (χ0) is 20.3. The van der Waals surface area contributed by atoms with Gasteiger partial charge in [0.15, 0.2) is 11.5 Å². The summed E-state index contributed by atoms with van der Waals surface area (Å²) in [4.78, 5) is 21.4. The first-order valence-electron chi connectivity index (χ1n) is 7.89. The number of rotatable bonds is 7. The van der Waals surface area contributed by atoms with E-state index in [1.807, 2.05) is 0 Å². The summed E-state index contributed by atoms with van der Waals surface area (Å²) in [5, 5.41) is 8.02. The van der Waals surface area contributed by atoms with E-state index in [2.05, 4.69) is 14.8 Å². The number of aromatic nitrogens is 3. The predicted molar refractivity (Wildman–Crippen MR) is 94.7 cm³/mol. The number of phosphoric acid groups is 1. The minimum absolute atomic E-state index is 0. The first-order valence-corrected chi connectivity index (χ1v) is 9.35. The first kappa shape index (κ1) is 27.0. The Morgan fingerprint density at radius 2 is 1.50 bits per heavy atom. The Balaban J connectivity index is 0.00000225. The van der Waals surface area contributed by atoms with E-state index in [1.54, 1.807) is 28.9 Å². The third-order valence-corrected chi connectivity index (χ3v) is 4.25. The van der Waals surface area contributed by atoms with Gasteiger partial charge in [0, 0.05) is 17.7 Å². The van der Waals surface area contributed by atoms with E-state index >= 15 is 0 Å². The van der Waals surface area contributed by atoms with Gasteiger partial charge in [0.1, 0.15) is 13.6 Å². The molecule has 3 rings (SSSR count). The van der Waals surface area contributed by atoms with Crippen LogP contribution >= 0.6 is 7.82 Å². The predicted octanol–water partition coefficient (Wildman–Crippen LogP) is -4.82. The molecule has 2 aromatic carbocycles. The summed E-state index contributed by atoms with van der Waals surface area (Å²) in [6.07, 6.45) is 1.53. The van der Waals surface area contributed by atoms with Crippen LogP contribution in [0.15, 0.2) is 42.6 Å². The minimum Gasteiger partial charge on any atom is -0.780 e. The molecule has 0 radical (unpaired) electrons. The maximum absolute atomic E-state index is 10.7. The molecular weight excluding hydrogens is 435 g/mol. The maximum Gasteiger partial charge on any atom is 1.00 e. The molecule has 0 aliphatic carbocycles. The summed E-state index contributed by atoms with van der Waals surface area (Å²) < 4.78 is 32.6. The summed E-state index contributed by atoms with van der Waals surface area (Å²) >= 11 is 0. The second-order valence-electron chi connectivity index (χ2n) is 5.48. The molecule has 0 atom stereocenters. The first-order chi connectivity index (χ1) is 13.4. The van der Waals surface area contributed by atoms with Crippen LogP contribution in [0.3, 0.4) is 0 Å². The number of hydrogen-bond donors (Lipinski definition) is 0. The van der Waals surface area contributed by atoms with Gasteiger partial charge in [-0.15, -0.1) is 5.10 Å². The van der Waals surface area contributed by atoms with Crippen molar-refractivity contribution in [3.63, 3.8) is 0 Å². The average Bonchev–Trinajstić information content (AvgIpc) is 3.15. The number of benzene rings is 2. The molecule has 0 aliphatic rings. The van der Waals surface area contributed by atoms with Crippen molar-refractivity contribution >= 4 is 7.82 Å². The van der Waals surface area contributed by atoms with E-state index in [1.165, 1.54) is 39.7 Å². The number of ether oxygens (including phenoxy) is 3. The zero-order valence-corrected chi connectivity index (χ0v) is 22.1. The van der Waals surface area contributed by atoms with Crippen LogP contribution in [0.4, 0.5) is 0 Å². The fourth-order valence-electron chi connectivity index (χ4n) is 2.63. The van der Waals surface area contributed by atoms with Crippen LogP contribution in [-0.2, 0) is 4.57 Å². The molecule has 0 saturated heterocycles. The number of hydrogen-bond acceptors (Lipinski definition) is 9. The molecule has 0 amide bonds. The topological polar surface area (TPSA) is 131 Å². The van der Waals surface area contributed by atoms with Crippen molar-refractivity contribution < 1.29 is 92.2 Å². The Kier molecular flexibility index (Phi) is 10.4. The van der Waals surface area contributed by atoms with E-state index in [9.17, 15) is 14.4 Å². The van der Waals surface area contributed by atoms with Gasteiger partial charge in [-0.05, 0) is 24.3 Å². The van der Waals surface area contributed by atoms with Crippen LogP contribution in [0.5, 0.6) is 23.0 Å². The van der Waals surface area contributed by atoms with Crippen molar-refractivity contribution in [3.05, 3.63) is 42.6 Å². The normalized spacial score (nSPS) is 10.4. The van der Waals surface area contributed by atoms with Gasteiger partial charge in [-0.1, -0.05) is 5.21 Å². The summed E-state index contributed by atoms with van der Waals surface area (Å²) in [5.74, 6) is 1.26. The van der Waals surface area contributed by atoms with E-state index in [4.69, 9.17) is 14.2 Å². The Morgan fingerprint density at radius 1 is 0.933 bits per heavy atom. The van der Waals surface area contributed by atoms with E-state index in [0.717, 1.165) is 0 Å². The molecule has 0 spiro atoms. The minimum atomic E-state index is -5.12. The van der Waals surface area contributed by atoms with Crippen LogP contribution in [0, 0.1) is 0 Å². The molecule has 3 aromatic rings. The van der Waals surface area contributed by atoms with Crippen LogP contribution in [0.25, 0.3) is 16.9 Å². The summed E-state index contributed by atoms with van der Waals surface area (Å²) in [6.45, 7) is 0. The number of nitrogens with zero attached hydrogens (tertiary/aromatic N) is 3. The standard InChI is InChI=1S/C17H18N3O7P.2Na/c1-24-15-8-12(9-16(25-2)17(15)26-3)20-14(10-18-19-20)11-4-6-13(7-5-11)27-28(21,22)23;;/h4-10H,1-3H3,(H2,21,22,23);;/q;2*+1/p-2. The van der Waals surface area contributed by atoms with Gasteiger partial charge in [-0.3, -0.25) is 0 Å². The number of methoxy groups -OCH3 is 3. The fourth-order valence-corrected chi connectivity index (χ4v) is 3.01. The van der Waals surface area contributed by atoms with Crippen molar-refractivity contribution in [2.75, 3.05) is 21.3 Å². The maximum atomic E-state index is 10.7. The second-order valence-corrected chi connectivity index (χ2v) is 6.55. The van der Waals surface area contributed by atoms with Crippen molar-refractivity contribution in [1.29, 1.82) is 0 Å². The third kappa shape index (κ3) is 6.23. The van der Waals surface area contributed by atoms with Crippen LogP contribution in [0.1, 0.15) is 0 Å². The molecule has 0 saturated carbocycles. The monoisotopic (exact) mass is 451 g/mol. The summed E-state index contributed by atoms with van der Waals surface area (Å²) in [5.41, 5.74) is 1.87. The van der Waals surface area contributed by atoms with E-state index < -0.39 is 7.82 Å². The van der Waals surface area contributed by atoms with Gasteiger partial charge in [-0.25, -0.2) is 4.68 Å². The molecule has 0 aliphatic heterocycles. The molecule has 1 aromatic heterocycles. The van der Waals surface area contributed by atoms with Crippen LogP contribution in [-0.4, -0.2) is 36.3 Å². The Bertz CT molecular complexity index is 999. The van der Waals surface area contributed by atoms with Crippen molar-refractivity contribution in [3.8, 4) is 39.9 Å². The van der Waals surface area contributed by atoms with Crippen molar-refractivity contribution in [1.82, 2.24) is 15.0 Å². The molecule has 10 nitrogen and oxygen atoms in total. The van der Waals surface area contributed by atoms with Crippen LogP contribution < -0.4 is 87.6 Å². The SMILES string of the molecule is COc1cc(-n2nncc2-c2ccc(OP(=O)([O-])[O-])cc2)cc(OC)c1OC.[Na+].[Na+]. The Morgan fingerprint density at radius 3 is 1.97 bits per heavy atom. The smallest absolute Gasteiger partial charge is 0.780 e. The van der Waals surface area contributed by atoms with Crippen molar-refractivity contribution in [2.45, 2.75) is 0 Å². The molecule has 1 heterocycles. The average molecular weight is 451 g/mol. The summed E-state index contributed by atoms with van der Waals surface area (Å²) in [6, 6.07) is 9.31. The molecule has 13 heteroatoms. The zero-order valence-electron chi connectivity index (χ0n) is 17.2. The van der Waals surface area contributed by atoms with Gasteiger partial charge in [0.2, 0.25) is 5.75 Å². The summed E-state index contributed by atoms with van der Waals surface area (Å²) in [7, 11) is -0.595. The third-order valence-electron chi connectivity index (χ3n) is 3.81.